The number of hydrogen-bond donors (Lipinski definition) is 2. The van der Waals surface area contributed by atoms with Crippen molar-refractivity contribution in [2.75, 3.05) is 11.9 Å². The molecule has 1 amide bonds. The first-order valence-corrected chi connectivity index (χ1v) is 8.21. The number of aryl methyl sites for hydroxylation is 1. The normalized spacial score (nSPS) is 10.7. The van der Waals surface area contributed by atoms with Crippen LogP contribution in [0.3, 0.4) is 0 Å². The van der Waals surface area contributed by atoms with Gasteiger partial charge in [-0.05, 0) is 36.8 Å². The minimum Gasteiger partial charge on any atom is -0.494 e. The number of benzene rings is 2. The number of carbonyl (C=O) groups excluding carboxylic acids is 1. The zero-order valence-corrected chi connectivity index (χ0v) is 13.7. The van der Waals surface area contributed by atoms with Crippen molar-refractivity contribution >= 4 is 22.6 Å². The molecule has 5 nitrogen and oxygen atoms in total. The zero-order valence-electron chi connectivity index (χ0n) is 13.7. The number of aromatic nitrogens is 2. The highest BCUT2D eigenvalue weighted by atomic mass is 16.5. The number of aromatic amines is 1. The molecule has 0 aliphatic heterocycles. The number of amides is 1. The van der Waals surface area contributed by atoms with E-state index in [9.17, 15) is 4.79 Å². The Bertz CT molecular complexity index is 812. The average molecular weight is 323 g/mol. The maximum absolute atomic E-state index is 12.0. The van der Waals surface area contributed by atoms with Gasteiger partial charge in [0, 0.05) is 18.5 Å². The summed E-state index contributed by atoms with van der Waals surface area (Å²) in [5, 5.41) is 2.92. The summed E-state index contributed by atoms with van der Waals surface area (Å²) < 4.78 is 5.59. The molecule has 0 radical (unpaired) electrons. The fraction of sp³-hybridized carbons (Fsp3) is 0.263. The van der Waals surface area contributed by atoms with E-state index in [0.717, 1.165) is 34.7 Å². The molecule has 0 saturated carbocycles. The number of rotatable bonds is 7. The first-order valence-electron chi connectivity index (χ1n) is 8.21. The summed E-state index contributed by atoms with van der Waals surface area (Å²) in [6, 6.07) is 15.3. The van der Waals surface area contributed by atoms with Crippen LogP contribution in [0.15, 0.2) is 48.5 Å². The second-order valence-electron chi connectivity index (χ2n) is 5.58. The van der Waals surface area contributed by atoms with Crippen molar-refractivity contribution in [2.24, 2.45) is 0 Å². The molecule has 1 aromatic heterocycles. The van der Waals surface area contributed by atoms with Crippen LogP contribution >= 0.6 is 0 Å². The van der Waals surface area contributed by atoms with Crippen molar-refractivity contribution in [3.63, 3.8) is 0 Å². The van der Waals surface area contributed by atoms with Gasteiger partial charge in [0.1, 0.15) is 11.6 Å². The number of imidazole rings is 1. The number of para-hydroxylation sites is 1. The van der Waals surface area contributed by atoms with Gasteiger partial charge in [0.15, 0.2) is 0 Å². The average Bonchev–Trinajstić information content (AvgIpc) is 3.02. The summed E-state index contributed by atoms with van der Waals surface area (Å²) >= 11 is 0. The lowest BCUT2D eigenvalue weighted by Crippen LogP contribution is -2.12. The lowest BCUT2D eigenvalue weighted by Gasteiger charge is -2.07. The Morgan fingerprint density at radius 1 is 1.21 bits per heavy atom. The summed E-state index contributed by atoms with van der Waals surface area (Å²) in [5.41, 5.74) is 2.64. The van der Waals surface area contributed by atoms with E-state index in [1.807, 2.05) is 48.5 Å². The molecule has 0 saturated heterocycles. The molecule has 0 atom stereocenters. The van der Waals surface area contributed by atoms with E-state index in [-0.39, 0.29) is 5.91 Å². The van der Waals surface area contributed by atoms with E-state index in [4.69, 9.17) is 4.74 Å². The number of ether oxygens (including phenoxy) is 1. The van der Waals surface area contributed by atoms with Crippen LogP contribution in [0, 0.1) is 0 Å². The second-order valence-corrected chi connectivity index (χ2v) is 5.58. The molecule has 2 N–H and O–H groups in total. The third kappa shape index (κ3) is 4.13. The van der Waals surface area contributed by atoms with E-state index >= 15 is 0 Å². The molecule has 24 heavy (non-hydrogen) atoms. The number of carbonyl (C=O) groups is 1. The van der Waals surface area contributed by atoms with Crippen molar-refractivity contribution < 1.29 is 9.53 Å². The van der Waals surface area contributed by atoms with Crippen LogP contribution in [0.25, 0.3) is 11.0 Å². The highest BCUT2D eigenvalue weighted by Crippen LogP contribution is 2.18. The molecule has 0 unspecified atom stereocenters. The van der Waals surface area contributed by atoms with Gasteiger partial charge in [-0.1, -0.05) is 25.1 Å². The molecular formula is C19H21N3O2. The molecule has 0 fully saturated rings. The Kier molecular flexibility index (Phi) is 5.11. The minimum atomic E-state index is -0.0127. The predicted octanol–water partition coefficient (Wildman–Crippen LogP) is 3.92. The van der Waals surface area contributed by atoms with Gasteiger partial charge in [0.05, 0.1) is 17.6 Å². The van der Waals surface area contributed by atoms with Crippen molar-refractivity contribution in [3.8, 4) is 5.75 Å². The summed E-state index contributed by atoms with van der Waals surface area (Å²) in [6.45, 7) is 2.58. The molecule has 0 spiro atoms. The molecule has 3 aromatic rings. The molecule has 3 rings (SSSR count). The first kappa shape index (κ1) is 16.1. The van der Waals surface area contributed by atoms with Crippen LogP contribution in [-0.4, -0.2) is 22.5 Å². The van der Waals surface area contributed by atoms with Crippen LogP contribution in [0.1, 0.15) is 25.6 Å². The van der Waals surface area contributed by atoms with E-state index < -0.39 is 0 Å². The first-order chi connectivity index (χ1) is 11.7. The smallest absolute Gasteiger partial charge is 0.224 e. The summed E-state index contributed by atoms with van der Waals surface area (Å²) in [4.78, 5) is 19.7. The Hall–Kier alpha value is -2.82. The fourth-order valence-electron chi connectivity index (χ4n) is 2.47. The lowest BCUT2D eigenvalue weighted by molar-refractivity contribution is -0.116. The highest BCUT2D eigenvalue weighted by molar-refractivity contribution is 5.93. The zero-order chi connectivity index (χ0) is 16.8. The lowest BCUT2D eigenvalue weighted by atomic mass is 10.2. The van der Waals surface area contributed by atoms with Crippen molar-refractivity contribution in [1.29, 1.82) is 0 Å². The number of anilines is 1. The van der Waals surface area contributed by atoms with Crippen molar-refractivity contribution in [1.82, 2.24) is 9.97 Å². The van der Waals surface area contributed by atoms with Crippen LogP contribution in [0.4, 0.5) is 5.69 Å². The fourth-order valence-corrected chi connectivity index (χ4v) is 2.47. The topological polar surface area (TPSA) is 67.0 Å². The van der Waals surface area contributed by atoms with E-state index in [1.54, 1.807) is 0 Å². The van der Waals surface area contributed by atoms with Crippen LogP contribution < -0.4 is 10.1 Å². The van der Waals surface area contributed by atoms with Crippen molar-refractivity contribution in [3.05, 3.63) is 54.4 Å². The SMILES string of the molecule is CCc1nc2ccc(NC(=O)CCCOc3ccccc3)cc2[nH]1. The van der Waals surface area contributed by atoms with Gasteiger partial charge in [-0.3, -0.25) is 4.79 Å². The predicted molar refractivity (Wildman–Crippen MR) is 95.3 cm³/mol. The molecule has 0 aliphatic rings. The summed E-state index contributed by atoms with van der Waals surface area (Å²) in [5.74, 6) is 1.77. The Morgan fingerprint density at radius 3 is 2.83 bits per heavy atom. The minimum absolute atomic E-state index is 0.0127. The van der Waals surface area contributed by atoms with Crippen LogP contribution in [-0.2, 0) is 11.2 Å². The number of fused-ring (bicyclic) bond motifs is 1. The molecule has 2 aromatic carbocycles. The summed E-state index contributed by atoms with van der Waals surface area (Å²) in [6.07, 6.45) is 1.96. The quantitative estimate of drug-likeness (QED) is 0.648. The number of H-pyrrole nitrogens is 1. The maximum atomic E-state index is 12.0. The molecule has 0 bridgehead atoms. The van der Waals surface area contributed by atoms with E-state index in [2.05, 4.69) is 22.2 Å². The molecular weight excluding hydrogens is 302 g/mol. The third-order valence-corrected chi connectivity index (χ3v) is 3.71. The van der Waals surface area contributed by atoms with Gasteiger partial charge in [-0.2, -0.15) is 0 Å². The van der Waals surface area contributed by atoms with E-state index in [1.165, 1.54) is 0 Å². The largest absolute Gasteiger partial charge is 0.494 e. The van der Waals surface area contributed by atoms with Crippen molar-refractivity contribution in [2.45, 2.75) is 26.2 Å². The maximum Gasteiger partial charge on any atom is 0.224 e. The summed E-state index contributed by atoms with van der Waals surface area (Å²) in [7, 11) is 0. The standard InChI is InChI=1S/C19H21N3O2/c1-2-18-21-16-11-10-14(13-17(16)22-18)20-19(23)9-6-12-24-15-7-4-3-5-8-15/h3-5,7-8,10-11,13H,2,6,9,12H2,1H3,(H,20,23)(H,21,22). The molecule has 124 valence electrons. The Morgan fingerprint density at radius 2 is 2.04 bits per heavy atom. The van der Waals surface area contributed by atoms with Crippen LogP contribution in [0.5, 0.6) is 5.75 Å². The number of nitrogens with one attached hydrogen (secondary N) is 2. The van der Waals surface area contributed by atoms with Gasteiger partial charge in [0.25, 0.3) is 0 Å². The Labute approximate surface area is 141 Å². The highest BCUT2D eigenvalue weighted by Gasteiger charge is 2.06. The monoisotopic (exact) mass is 323 g/mol. The number of nitrogens with zero attached hydrogens (tertiary/aromatic N) is 1. The van der Waals surface area contributed by atoms with Crippen LogP contribution in [0.2, 0.25) is 0 Å². The molecule has 5 heteroatoms. The van der Waals surface area contributed by atoms with Gasteiger partial charge in [0.2, 0.25) is 5.91 Å². The van der Waals surface area contributed by atoms with Gasteiger partial charge in [-0.25, -0.2) is 4.98 Å². The second kappa shape index (κ2) is 7.64. The molecule has 0 aliphatic carbocycles. The number of hydrogen-bond acceptors (Lipinski definition) is 3. The van der Waals surface area contributed by atoms with Gasteiger partial charge >= 0.3 is 0 Å². The Balaban J connectivity index is 1.47. The van der Waals surface area contributed by atoms with Gasteiger partial charge < -0.3 is 15.0 Å². The van der Waals surface area contributed by atoms with E-state index in [0.29, 0.717) is 19.4 Å². The third-order valence-electron chi connectivity index (χ3n) is 3.71. The molecule has 1 heterocycles. The van der Waals surface area contributed by atoms with Gasteiger partial charge in [-0.15, -0.1) is 0 Å².